The van der Waals surface area contributed by atoms with Gasteiger partial charge in [-0.1, -0.05) is 60.1 Å². The fourth-order valence-corrected chi connectivity index (χ4v) is 4.81. The highest BCUT2D eigenvalue weighted by Crippen LogP contribution is 2.37. The van der Waals surface area contributed by atoms with Crippen LogP contribution in [-0.4, -0.2) is 31.6 Å². The van der Waals surface area contributed by atoms with Gasteiger partial charge in [0, 0.05) is 29.7 Å². The smallest absolute Gasteiger partial charge is 0.110 e. The molecular formula is C29H26ClFN8. The van der Waals surface area contributed by atoms with Crippen molar-refractivity contribution in [2.45, 2.75) is 32.0 Å². The summed E-state index contributed by atoms with van der Waals surface area (Å²) in [5.74, 6) is 0. The van der Waals surface area contributed by atoms with E-state index in [1.807, 2.05) is 36.4 Å². The molecule has 5 aromatic rings. The van der Waals surface area contributed by atoms with Gasteiger partial charge in [-0.05, 0) is 35.7 Å². The van der Waals surface area contributed by atoms with E-state index >= 15 is 0 Å². The molecule has 2 unspecified atom stereocenters. The lowest BCUT2D eigenvalue weighted by molar-refractivity contribution is 0.422. The third-order valence-electron chi connectivity index (χ3n) is 6.47. The summed E-state index contributed by atoms with van der Waals surface area (Å²) in [5.41, 5.74) is 4.91. The number of hydrogen-bond donors (Lipinski definition) is 2. The van der Waals surface area contributed by atoms with Gasteiger partial charge in [-0.15, -0.1) is 5.10 Å². The monoisotopic (exact) mass is 540 g/mol. The number of anilines is 2. The van der Waals surface area contributed by atoms with Crippen LogP contribution in [0.3, 0.4) is 0 Å². The Hall–Kier alpha value is -4.55. The number of hydrogen-bond acceptors (Lipinski definition) is 7. The molecule has 0 aliphatic heterocycles. The third kappa shape index (κ3) is 5.66. The second-order valence-corrected chi connectivity index (χ2v) is 9.40. The summed E-state index contributed by atoms with van der Waals surface area (Å²) in [6, 6.07) is 19.4. The molecule has 3 aromatic heterocycles. The van der Waals surface area contributed by atoms with Crippen LogP contribution in [0.1, 0.15) is 47.8 Å². The summed E-state index contributed by atoms with van der Waals surface area (Å²) < 4.78 is 14.4. The van der Waals surface area contributed by atoms with Crippen LogP contribution in [0.4, 0.5) is 15.8 Å². The van der Waals surface area contributed by atoms with Gasteiger partial charge in [-0.2, -0.15) is 5.26 Å². The molecule has 0 aliphatic carbocycles. The van der Waals surface area contributed by atoms with Crippen LogP contribution >= 0.6 is 11.6 Å². The first-order valence-electron chi connectivity index (χ1n) is 12.6. The minimum atomic E-state index is -0.542. The maximum atomic E-state index is 12.9. The predicted octanol–water partition coefficient (Wildman–Crippen LogP) is 6.48. The summed E-state index contributed by atoms with van der Waals surface area (Å²) in [5, 5.41) is 26.5. The number of rotatable bonds is 10. The number of nitrogens with zero attached hydrogens (tertiary/aromatic N) is 6. The molecule has 0 bridgehead atoms. The van der Waals surface area contributed by atoms with E-state index in [1.165, 1.54) is 4.68 Å². The van der Waals surface area contributed by atoms with Crippen LogP contribution in [0.15, 0.2) is 79.4 Å². The van der Waals surface area contributed by atoms with Gasteiger partial charge >= 0.3 is 0 Å². The van der Waals surface area contributed by atoms with Crippen LogP contribution in [0.25, 0.3) is 10.9 Å². The summed E-state index contributed by atoms with van der Waals surface area (Å²) in [7, 11) is 0. The van der Waals surface area contributed by atoms with Gasteiger partial charge in [0.1, 0.15) is 18.4 Å². The number of aryl methyl sites for hydroxylation is 1. The summed E-state index contributed by atoms with van der Waals surface area (Å²) in [4.78, 5) is 8.74. The van der Waals surface area contributed by atoms with Gasteiger partial charge in [0.15, 0.2) is 0 Å². The topological polar surface area (TPSA) is 104 Å². The molecule has 0 fully saturated rings. The van der Waals surface area contributed by atoms with Crippen LogP contribution < -0.4 is 10.6 Å². The van der Waals surface area contributed by atoms with E-state index < -0.39 is 12.7 Å². The van der Waals surface area contributed by atoms with E-state index in [4.69, 9.17) is 11.6 Å². The van der Waals surface area contributed by atoms with E-state index in [0.29, 0.717) is 38.6 Å². The molecule has 2 N–H and O–H groups in total. The molecule has 0 saturated carbocycles. The van der Waals surface area contributed by atoms with E-state index in [-0.39, 0.29) is 12.6 Å². The lowest BCUT2D eigenvalue weighted by Gasteiger charge is -2.22. The summed E-state index contributed by atoms with van der Waals surface area (Å²) >= 11 is 6.74. The average Bonchev–Trinajstić information content (AvgIpc) is 3.44. The maximum Gasteiger partial charge on any atom is 0.110 e. The first kappa shape index (κ1) is 26.1. The van der Waals surface area contributed by atoms with E-state index in [0.717, 1.165) is 17.5 Å². The number of nitrogens with one attached hydrogen (secondary N) is 2. The molecule has 0 spiro atoms. The summed E-state index contributed by atoms with van der Waals surface area (Å²) in [6.45, 7) is 1.67. The summed E-state index contributed by atoms with van der Waals surface area (Å²) in [6.07, 6.45) is 7.49. The Morgan fingerprint density at radius 3 is 2.62 bits per heavy atom. The zero-order chi connectivity index (χ0) is 27.2. The number of aromatic nitrogens is 5. The van der Waals surface area contributed by atoms with E-state index in [2.05, 4.69) is 56.0 Å². The number of nitriles is 1. The van der Waals surface area contributed by atoms with Crippen molar-refractivity contribution >= 4 is 33.9 Å². The average molecular weight is 541 g/mol. The highest BCUT2D eigenvalue weighted by Gasteiger charge is 2.21. The lowest BCUT2D eigenvalue weighted by atomic mass is 10.0. The number of benzene rings is 2. The number of pyridine rings is 2. The molecule has 2 aromatic carbocycles. The third-order valence-corrected chi connectivity index (χ3v) is 6.76. The van der Waals surface area contributed by atoms with Crippen molar-refractivity contribution in [3.05, 3.63) is 107 Å². The number of halogens is 2. The zero-order valence-electron chi connectivity index (χ0n) is 21.2. The molecule has 5 rings (SSSR count). The van der Waals surface area contributed by atoms with Crippen molar-refractivity contribution in [1.29, 1.82) is 5.26 Å². The van der Waals surface area contributed by atoms with Gasteiger partial charge in [-0.3, -0.25) is 9.97 Å². The maximum absolute atomic E-state index is 12.9. The minimum Gasteiger partial charge on any atom is -0.377 e. The lowest BCUT2D eigenvalue weighted by Crippen LogP contribution is -2.14. The van der Waals surface area contributed by atoms with Crippen LogP contribution in [0.2, 0.25) is 5.02 Å². The predicted molar refractivity (Wildman–Crippen MR) is 150 cm³/mol. The first-order chi connectivity index (χ1) is 19.1. The Balaban J connectivity index is 1.58. The molecule has 8 nitrogen and oxygen atoms in total. The van der Waals surface area contributed by atoms with Gasteiger partial charge in [-0.25, -0.2) is 9.07 Å². The molecule has 0 saturated heterocycles. The van der Waals surface area contributed by atoms with Crippen molar-refractivity contribution < 1.29 is 4.39 Å². The Labute approximate surface area is 230 Å². The Kier molecular flexibility index (Phi) is 7.94. The highest BCUT2D eigenvalue weighted by molar-refractivity contribution is 6.35. The quantitative estimate of drug-likeness (QED) is 0.209. The standard InChI is InChI=1S/C29H26ClFN8/c1-2-25(19-7-4-3-5-8-19)36-27-21(15-32)17-34-29-23(27)13-22(14-24(29)30)35-28(20-9-6-11-33-16-20)26-18-39(12-10-31)38-37-26/h3-9,11,13-14,16-18,25,28,35H,2,10,12H2,1H3,(H,34,36). The van der Waals surface area contributed by atoms with Gasteiger partial charge in [0.25, 0.3) is 0 Å². The molecule has 0 amide bonds. The van der Waals surface area contributed by atoms with Gasteiger partial charge in [0.2, 0.25) is 0 Å². The van der Waals surface area contributed by atoms with Gasteiger partial charge in [0.05, 0.1) is 46.6 Å². The van der Waals surface area contributed by atoms with Crippen molar-refractivity contribution in [3.8, 4) is 6.07 Å². The Bertz CT molecular complexity index is 1600. The van der Waals surface area contributed by atoms with Crippen LogP contribution in [0, 0.1) is 11.3 Å². The molecule has 39 heavy (non-hydrogen) atoms. The molecule has 0 radical (unpaired) electrons. The molecule has 196 valence electrons. The molecular weight excluding hydrogens is 515 g/mol. The number of alkyl halides is 1. The molecule has 10 heteroatoms. The normalized spacial score (nSPS) is 12.6. The Morgan fingerprint density at radius 2 is 1.90 bits per heavy atom. The van der Waals surface area contributed by atoms with Crippen LogP contribution in [-0.2, 0) is 6.54 Å². The van der Waals surface area contributed by atoms with Crippen molar-refractivity contribution in [2.24, 2.45) is 0 Å². The fraction of sp³-hybridized carbons (Fsp3) is 0.207. The van der Waals surface area contributed by atoms with E-state index in [9.17, 15) is 9.65 Å². The van der Waals surface area contributed by atoms with Crippen molar-refractivity contribution in [3.63, 3.8) is 0 Å². The van der Waals surface area contributed by atoms with Gasteiger partial charge < -0.3 is 10.6 Å². The second kappa shape index (κ2) is 11.9. The van der Waals surface area contributed by atoms with Crippen molar-refractivity contribution in [2.75, 3.05) is 17.3 Å². The van der Waals surface area contributed by atoms with E-state index in [1.54, 1.807) is 30.9 Å². The zero-order valence-corrected chi connectivity index (χ0v) is 22.0. The second-order valence-electron chi connectivity index (χ2n) is 8.99. The number of fused-ring (bicyclic) bond motifs is 1. The largest absolute Gasteiger partial charge is 0.377 e. The van der Waals surface area contributed by atoms with Crippen molar-refractivity contribution in [1.82, 2.24) is 25.0 Å². The Morgan fingerprint density at radius 1 is 1.08 bits per heavy atom. The molecule has 0 aliphatic rings. The molecule has 2 atom stereocenters. The van der Waals surface area contributed by atoms with Crippen LogP contribution in [0.5, 0.6) is 0 Å². The minimum absolute atomic E-state index is 0.0204. The highest BCUT2D eigenvalue weighted by atomic mass is 35.5. The first-order valence-corrected chi connectivity index (χ1v) is 12.9. The SMILES string of the molecule is CCC(Nc1c(C#N)cnc2c(Cl)cc(NC(c3cccnc3)c3cn(CCF)nn3)cc12)c1ccccc1. The molecule has 3 heterocycles. The fourth-order valence-electron chi connectivity index (χ4n) is 4.55.